The normalized spacial score (nSPS) is 12.0. The van der Waals surface area contributed by atoms with Crippen LogP contribution in [0.3, 0.4) is 0 Å². The molecule has 0 radical (unpaired) electrons. The van der Waals surface area contributed by atoms with Crippen molar-refractivity contribution in [3.05, 3.63) is 40.4 Å². The van der Waals surface area contributed by atoms with Crippen LogP contribution < -0.4 is 5.56 Å². The van der Waals surface area contributed by atoms with Crippen LogP contribution in [0.15, 0.2) is 29.3 Å². The SMILES string of the molecule is Cc1cccc2c(=O)n(CCOCC(F)(F)F)cnc12. The highest BCUT2D eigenvalue weighted by molar-refractivity contribution is 5.80. The van der Waals surface area contributed by atoms with Crippen molar-refractivity contribution in [1.29, 1.82) is 0 Å². The van der Waals surface area contributed by atoms with Crippen LogP contribution in [0.25, 0.3) is 10.9 Å². The van der Waals surface area contributed by atoms with Gasteiger partial charge in [-0.1, -0.05) is 12.1 Å². The summed E-state index contributed by atoms with van der Waals surface area (Å²) in [7, 11) is 0. The molecule has 4 nitrogen and oxygen atoms in total. The first-order valence-corrected chi connectivity index (χ1v) is 5.98. The van der Waals surface area contributed by atoms with Crippen LogP contribution in [-0.4, -0.2) is 28.9 Å². The van der Waals surface area contributed by atoms with Gasteiger partial charge >= 0.3 is 6.18 Å². The smallest absolute Gasteiger partial charge is 0.370 e. The molecule has 1 aromatic heterocycles. The molecule has 2 aromatic rings. The molecule has 0 amide bonds. The van der Waals surface area contributed by atoms with Crippen LogP contribution in [0.4, 0.5) is 13.2 Å². The average Bonchev–Trinajstić information content (AvgIpc) is 2.36. The van der Waals surface area contributed by atoms with Gasteiger partial charge in [0.2, 0.25) is 0 Å². The van der Waals surface area contributed by atoms with Crippen LogP contribution >= 0.6 is 0 Å². The fraction of sp³-hybridized carbons (Fsp3) is 0.385. The van der Waals surface area contributed by atoms with E-state index in [1.54, 1.807) is 12.1 Å². The second-order valence-electron chi connectivity index (χ2n) is 4.38. The van der Waals surface area contributed by atoms with Gasteiger partial charge in [0.15, 0.2) is 0 Å². The van der Waals surface area contributed by atoms with Gasteiger partial charge in [-0.25, -0.2) is 4.98 Å². The van der Waals surface area contributed by atoms with E-state index < -0.39 is 12.8 Å². The van der Waals surface area contributed by atoms with E-state index >= 15 is 0 Å². The Bertz CT molecular complexity index is 665. The molecule has 0 fully saturated rings. The molecule has 0 atom stereocenters. The molecule has 0 aliphatic heterocycles. The van der Waals surface area contributed by atoms with Crippen molar-refractivity contribution in [2.75, 3.05) is 13.2 Å². The Hall–Kier alpha value is -1.89. The quantitative estimate of drug-likeness (QED) is 0.810. The third-order valence-corrected chi connectivity index (χ3v) is 2.80. The Labute approximate surface area is 112 Å². The maximum atomic E-state index is 12.1. The van der Waals surface area contributed by atoms with Crippen LogP contribution in [0, 0.1) is 6.92 Å². The summed E-state index contributed by atoms with van der Waals surface area (Å²) in [6.45, 7) is 0.359. The third-order valence-electron chi connectivity index (χ3n) is 2.80. The minimum Gasteiger partial charge on any atom is -0.370 e. The predicted octanol–water partition coefficient (Wildman–Crippen LogP) is 2.28. The fourth-order valence-electron chi connectivity index (χ4n) is 1.85. The highest BCUT2D eigenvalue weighted by atomic mass is 19.4. The molecule has 20 heavy (non-hydrogen) atoms. The maximum Gasteiger partial charge on any atom is 0.411 e. The molecule has 1 aromatic carbocycles. The van der Waals surface area contributed by atoms with Gasteiger partial charge in [-0.2, -0.15) is 13.2 Å². The number of ether oxygens (including phenoxy) is 1. The molecule has 0 N–H and O–H groups in total. The number of rotatable bonds is 4. The highest BCUT2D eigenvalue weighted by Gasteiger charge is 2.27. The molecule has 0 unspecified atom stereocenters. The molecule has 7 heteroatoms. The molecule has 2 rings (SSSR count). The topological polar surface area (TPSA) is 44.1 Å². The van der Waals surface area contributed by atoms with Crippen molar-refractivity contribution in [3.8, 4) is 0 Å². The molecular weight excluding hydrogens is 273 g/mol. The molecule has 0 spiro atoms. The number of hydrogen-bond acceptors (Lipinski definition) is 3. The van der Waals surface area contributed by atoms with E-state index in [9.17, 15) is 18.0 Å². The van der Waals surface area contributed by atoms with Crippen LogP contribution in [0.2, 0.25) is 0 Å². The zero-order chi connectivity index (χ0) is 14.8. The second kappa shape index (κ2) is 5.62. The second-order valence-corrected chi connectivity index (χ2v) is 4.38. The first-order chi connectivity index (χ1) is 9.38. The van der Waals surface area contributed by atoms with E-state index in [1.807, 2.05) is 13.0 Å². The van der Waals surface area contributed by atoms with Crippen molar-refractivity contribution in [2.45, 2.75) is 19.6 Å². The van der Waals surface area contributed by atoms with E-state index in [4.69, 9.17) is 0 Å². The highest BCUT2D eigenvalue weighted by Crippen LogP contribution is 2.14. The zero-order valence-electron chi connectivity index (χ0n) is 10.8. The number of para-hydroxylation sites is 1. The summed E-state index contributed by atoms with van der Waals surface area (Å²) in [6.07, 6.45) is -3.03. The number of nitrogens with zero attached hydrogens (tertiary/aromatic N) is 2. The number of hydrogen-bond donors (Lipinski definition) is 0. The Balaban J connectivity index is 2.12. The maximum absolute atomic E-state index is 12.1. The van der Waals surface area contributed by atoms with Crippen molar-refractivity contribution < 1.29 is 17.9 Å². The van der Waals surface area contributed by atoms with Gasteiger partial charge in [-0.3, -0.25) is 9.36 Å². The number of aromatic nitrogens is 2. The van der Waals surface area contributed by atoms with E-state index in [0.717, 1.165) is 5.56 Å². The summed E-state index contributed by atoms with van der Waals surface area (Å²) in [5.74, 6) is 0. The van der Waals surface area contributed by atoms with Gasteiger partial charge in [0.25, 0.3) is 5.56 Å². The molecule has 108 valence electrons. The lowest BCUT2D eigenvalue weighted by Crippen LogP contribution is -2.25. The van der Waals surface area contributed by atoms with Gasteiger partial charge < -0.3 is 4.74 Å². The van der Waals surface area contributed by atoms with Crippen LogP contribution in [0.5, 0.6) is 0 Å². The largest absolute Gasteiger partial charge is 0.411 e. The first kappa shape index (κ1) is 14.5. The third kappa shape index (κ3) is 3.36. The molecule has 0 aliphatic carbocycles. The molecule has 1 heterocycles. The summed E-state index contributed by atoms with van der Waals surface area (Å²) in [4.78, 5) is 16.3. The average molecular weight is 286 g/mol. The van der Waals surface area contributed by atoms with Crippen molar-refractivity contribution >= 4 is 10.9 Å². The number of fused-ring (bicyclic) bond motifs is 1. The van der Waals surface area contributed by atoms with Crippen molar-refractivity contribution in [3.63, 3.8) is 0 Å². The number of benzene rings is 1. The Morgan fingerprint density at radius 2 is 2.10 bits per heavy atom. The fourth-order valence-corrected chi connectivity index (χ4v) is 1.85. The lowest BCUT2D eigenvalue weighted by atomic mass is 10.1. The lowest BCUT2D eigenvalue weighted by molar-refractivity contribution is -0.174. The molecule has 0 saturated heterocycles. The summed E-state index contributed by atoms with van der Waals surface area (Å²) >= 11 is 0. The van der Waals surface area contributed by atoms with Gasteiger partial charge in [0.1, 0.15) is 6.61 Å². The van der Waals surface area contributed by atoms with Crippen molar-refractivity contribution in [1.82, 2.24) is 9.55 Å². The number of alkyl halides is 3. The molecule has 0 bridgehead atoms. The minimum absolute atomic E-state index is 0.0335. The predicted molar refractivity (Wildman–Crippen MR) is 67.6 cm³/mol. The Morgan fingerprint density at radius 1 is 1.35 bits per heavy atom. The van der Waals surface area contributed by atoms with Gasteiger partial charge in [0.05, 0.1) is 30.4 Å². The zero-order valence-corrected chi connectivity index (χ0v) is 10.8. The summed E-state index contributed by atoms with van der Waals surface area (Å²) < 4.78 is 41.5. The Kier molecular flexibility index (Phi) is 4.08. The lowest BCUT2D eigenvalue weighted by Gasteiger charge is -2.09. The summed E-state index contributed by atoms with van der Waals surface area (Å²) in [5, 5.41) is 0.448. The van der Waals surface area contributed by atoms with E-state index in [0.29, 0.717) is 10.9 Å². The van der Waals surface area contributed by atoms with Crippen molar-refractivity contribution in [2.24, 2.45) is 0 Å². The van der Waals surface area contributed by atoms with Crippen LogP contribution in [0.1, 0.15) is 5.56 Å². The number of aryl methyl sites for hydroxylation is 1. The summed E-state index contributed by atoms with van der Waals surface area (Å²) in [5.41, 5.74) is 1.19. The van der Waals surface area contributed by atoms with E-state index in [2.05, 4.69) is 9.72 Å². The van der Waals surface area contributed by atoms with E-state index in [-0.39, 0.29) is 18.7 Å². The molecular formula is C13H13F3N2O2. The monoisotopic (exact) mass is 286 g/mol. The minimum atomic E-state index is -4.36. The van der Waals surface area contributed by atoms with Gasteiger partial charge in [-0.15, -0.1) is 0 Å². The number of halogens is 3. The standard InChI is InChI=1S/C13H13F3N2O2/c1-9-3-2-4-10-11(9)17-8-18(12(10)19)5-6-20-7-13(14,15)16/h2-4,8H,5-7H2,1H3. The van der Waals surface area contributed by atoms with E-state index in [1.165, 1.54) is 10.9 Å². The summed E-state index contributed by atoms with van der Waals surface area (Å²) in [6, 6.07) is 5.22. The van der Waals surface area contributed by atoms with Gasteiger partial charge in [0, 0.05) is 0 Å². The molecule has 0 aliphatic rings. The Morgan fingerprint density at radius 3 is 2.80 bits per heavy atom. The first-order valence-electron chi connectivity index (χ1n) is 5.98. The molecule has 0 saturated carbocycles. The van der Waals surface area contributed by atoms with Crippen LogP contribution in [-0.2, 0) is 11.3 Å². The van der Waals surface area contributed by atoms with Gasteiger partial charge in [-0.05, 0) is 18.6 Å².